The van der Waals surface area contributed by atoms with Crippen LogP contribution in [0, 0.1) is 5.41 Å². The van der Waals surface area contributed by atoms with Gasteiger partial charge in [0.05, 0.1) is 0 Å². The van der Waals surface area contributed by atoms with Crippen molar-refractivity contribution in [2.75, 3.05) is 13.1 Å². The van der Waals surface area contributed by atoms with Crippen LogP contribution in [-0.4, -0.2) is 35.0 Å². The highest BCUT2D eigenvalue weighted by atomic mass is 16.4. The van der Waals surface area contributed by atoms with Crippen LogP contribution < -0.4 is 0 Å². The first-order valence-electron chi connectivity index (χ1n) is 5.67. The van der Waals surface area contributed by atoms with Gasteiger partial charge in [-0.1, -0.05) is 20.3 Å². The first-order valence-corrected chi connectivity index (χ1v) is 5.67. The Kier molecular flexibility index (Phi) is 4.10. The predicted molar refractivity (Wildman–Crippen MR) is 61.0 cm³/mol. The van der Waals surface area contributed by atoms with Gasteiger partial charge in [-0.05, 0) is 18.3 Å². The predicted octanol–water partition coefficient (Wildman–Crippen LogP) is 1.67. The van der Waals surface area contributed by atoms with Gasteiger partial charge in [0.2, 0.25) is 5.91 Å². The second kappa shape index (κ2) is 5.14. The number of carbonyl (C=O) groups excluding carboxylic acids is 1. The zero-order chi connectivity index (χ0) is 12.2. The van der Waals surface area contributed by atoms with Gasteiger partial charge in [0.15, 0.2) is 0 Å². The molecule has 1 aliphatic rings. The third kappa shape index (κ3) is 3.36. The molecule has 1 fully saturated rings. The summed E-state index contributed by atoms with van der Waals surface area (Å²) in [5.41, 5.74) is 0.341. The maximum absolute atomic E-state index is 11.6. The Bertz CT molecular complexity index is 301. The van der Waals surface area contributed by atoms with E-state index in [0.29, 0.717) is 5.41 Å². The third-order valence-corrected chi connectivity index (χ3v) is 3.50. The summed E-state index contributed by atoms with van der Waals surface area (Å²) in [5, 5.41) is 8.42. The van der Waals surface area contributed by atoms with Crippen LogP contribution in [-0.2, 0) is 9.59 Å². The van der Waals surface area contributed by atoms with Crippen molar-refractivity contribution < 1.29 is 14.7 Å². The van der Waals surface area contributed by atoms with Crippen molar-refractivity contribution in [2.24, 2.45) is 5.41 Å². The number of amides is 1. The fourth-order valence-electron chi connectivity index (χ4n) is 1.87. The molecule has 90 valence electrons. The Balaban J connectivity index is 2.48. The van der Waals surface area contributed by atoms with Crippen molar-refractivity contribution in [2.45, 2.75) is 33.1 Å². The number of likely N-dealkylation sites (tertiary alicyclic amines) is 1. The first-order chi connectivity index (χ1) is 7.47. The smallest absolute Gasteiger partial charge is 0.328 e. The second-order valence-electron chi connectivity index (χ2n) is 4.66. The van der Waals surface area contributed by atoms with Gasteiger partial charge in [0.25, 0.3) is 0 Å². The van der Waals surface area contributed by atoms with E-state index in [2.05, 4.69) is 13.8 Å². The van der Waals surface area contributed by atoms with Crippen molar-refractivity contribution in [3.05, 3.63) is 12.2 Å². The molecule has 0 spiro atoms. The Hall–Kier alpha value is -1.32. The van der Waals surface area contributed by atoms with Crippen LogP contribution in [0.3, 0.4) is 0 Å². The minimum absolute atomic E-state index is 0.194. The minimum Gasteiger partial charge on any atom is -0.478 e. The molecule has 4 heteroatoms. The molecule has 1 N–H and O–H groups in total. The highest BCUT2D eigenvalue weighted by molar-refractivity contribution is 5.93. The van der Waals surface area contributed by atoms with Gasteiger partial charge < -0.3 is 10.0 Å². The van der Waals surface area contributed by atoms with Crippen LogP contribution >= 0.6 is 0 Å². The largest absolute Gasteiger partial charge is 0.478 e. The van der Waals surface area contributed by atoms with Crippen molar-refractivity contribution in [1.82, 2.24) is 4.90 Å². The number of carboxylic acids is 1. The van der Waals surface area contributed by atoms with Crippen LogP contribution in [0.15, 0.2) is 12.2 Å². The average molecular weight is 225 g/mol. The van der Waals surface area contributed by atoms with Crippen LogP contribution in [0.5, 0.6) is 0 Å². The maximum atomic E-state index is 11.6. The minimum atomic E-state index is -1.08. The Morgan fingerprint density at radius 3 is 2.31 bits per heavy atom. The molecule has 1 heterocycles. The van der Waals surface area contributed by atoms with Crippen molar-refractivity contribution >= 4 is 11.9 Å². The summed E-state index contributed by atoms with van der Waals surface area (Å²) in [5.74, 6) is -1.27. The number of rotatable bonds is 3. The molecule has 16 heavy (non-hydrogen) atoms. The van der Waals surface area contributed by atoms with E-state index < -0.39 is 5.97 Å². The summed E-state index contributed by atoms with van der Waals surface area (Å²) in [6, 6.07) is 0. The zero-order valence-corrected chi connectivity index (χ0v) is 9.90. The number of aliphatic carboxylic acids is 1. The topological polar surface area (TPSA) is 57.6 Å². The molecule has 0 radical (unpaired) electrons. The third-order valence-electron chi connectivity index (χ3n) is 3.50. The van der Waals surface area contributed by atoms with Crippen LogP contribution in [0.1, 0.15) is 33.1 Å². The number of nitrogens with zero attached hydrogens (tertiary/aromatic N) is 1. The number of hydrogen-bond donors (Lipinski definition) is 1. The van der Waals surface area contributed by atoms with E-state index in [1.807, 2.05) is 0 Å². The van der Waals surface area contributed by atoms with E-state index >= 15 is 0 Å². The Morgan fingerprint density at radius 2 is 1.88 bits per heavy atom. The molecular formula is C12H19NO3. The number of hydrogen-bond acceptors (Lipinski definition) is 2. The number of piperidine rings is 1. The molecule has 0 bridgehead atoms. The fraction of sp³-hybridized carbons (Fsp3) is 0.667. The molecule has 0 atom stereocenters. The molecule has 1 rings (SSSR count). The summed E-state index contributed by atoms with van der Waals surface area (Å²) < 4.78 is 0. The Morgan fingerprint density at radius 1 is 1.31 bits per heavy atom. The van der Waals surface area contributed by atoms with E-state index in [4.69, 9.17) is 5.11 Å². The second-order valence-corrected chi connectivity index (χ2v) is 4.66. The lowest BCUT2D eigenvalue weighted by Gasteiger charge is -2.38. The monoisotopic (exact) mass is 225 g/mol. The highest BCUT2D eigenvalue weighted by Gasteiger charge is 2.29. The molecule has 0 aliphatic carbocycles. The molecule has 0 aromatic heterocycles. The standard InChI is InChI=1S/C12H19NO3/c1-3-12(2)6-8-13(9-7-12)10(14)4-5-11(15)16/h4-5H,3,6-9H2,1-2H3,(H,15,16). The number of carboxylic acid groups (broad SMARTS) is 1. The summed E-state index contributed by atoms with van der Waals surface area (Å²) in [6.45, 7) is 5.87. The van der Waals surface area contributed by atoms with Gasteiger partial charge in [-0.25, -0.2) is 4.79 Å². The van der Waals surface area contributed by atoms with Gasteiger partial charge in [0.1, 0.15) is 0 Å². The molecule has 0 aromatic rings. The van der Waals surface area contributed by atoms with Crippen molar-refractivity contribution in [1.29, 1.82) is 0 Å². The summed E-state index contributed by atoms with van der Waals surface area (Å²) >= 11 is 0. The van der Waals surface area contributed by atoms with Crippen LogP contribution in [0.4, 0.5) is 0 Å². The highest BCUT2D eigenvalue weighted by Crippen LogP contribution is 2.33. The fourth-order valence-corrected chi connectivity index (χ4v) is 1.87. The van der Waals surface area contributed by atoms with Gasteiger partial charge in [0, 0.05) is 25.2 Å². The SMILES string of the molecule is CCC1(C)CCN(C(=O)C=CC(=O)O)CC1. The summed E-state index contributed by atoms with van der Waals surface area (Å²) in [4.78, 5) is 23.6. The van der Waals surface area contributed by atoms with E-state index in [-0.39, 0.29) is 5.91 Å². The van der Waals surface area contributed by atoms with Crippen LogP contribution in [0.2, 0.25) is 0 Å². The average Bonchev–Trinajstić information content (AvgIpc) is 2.27. The van der Waals surface area contributed by atoms with E-state index in [0.717, 1.165) is 44.5 Å². The van der Waals surface area contributed by atoms with Gasteiger partial charge >= 0.3 is 5.97 Å². The van der Waals surface area contributed by atoms with Crippen LogP contribution in [0.25, 0.3) is 0 Å². The van der Waals surface area contributed by atoms with E-state index in [1.165, 1.54) is 0 Å². The van der Waals surface area contributed by atoms with Crippen molar-refractivity contribution in [3.63, 3.8) is 0 Å². The lowest BCUT2D eigenvalue weighted by molar-refractivity contribution is -0.132. The lowest BCUT2D eigenvalue weighted by Crippen LogP contribution is -2.41. The molecule has 0 unspecified atom stereocenters. The molecule has 4 nitrogen and oxygen atoms in total. The zero-order valence-electron chi connectivity index (χ0n) is 9.90. The van der Waals surface area contributed by atoms with Gasteiger partial charge in [-0.2, -0.15) is 0 Å². The maximum Gasteiger partial charge on any atom is 0.328 e. The van der Waals surface area contributed by atoms with Gasteiger partial charge in [-0.3, -0.25) is 4.79 Å². The molecule has 0 aromatic carbocycles. The molecule has 1 saturated heterocycles. The van der Waals surface area contributed by atoms with Crippen molar-refractivity contribution in [3.8, 4) is 0 Å². The molecule has 0 saturated carbocycles. The summed E-state index contributed by atoms with van der Waals surface area (Å²) in [6.07, 6.45) is 5.15. The normalized spacial score (nSPS) is 20.0. The molecular weight excluding hydrogens is 206 g/mol. The quantitative estimate of drug-likeness (QED) is 0.743. The molecule has 1 aliphatic heterocycles. The van der Waals surface area contributed by atoms with E-state index in [1.54, 1.807) is 4.90 Å². The van der Waals surface area contributed by atoms with E-state index in [9.17, 15) is 9.59 Å². The first kappa shape index (κ1) is 12.7. The summed E-state index contributed by atoms with van der Waals surface area (Å²) in [7, 11) is 0. The molecule has 1 amide bonds. The number of carbonyl (C=O) groups is 2. The Labute approximate surface area is 95.9 Å². The van der Waals surface area contributed by atoms with Gasteiger partial charge in [-0.15, -0.1) is 0 Å². The lowest BCUT2D eigenvalue weighted by atomic mass is 9.78.